The van der Waals surface area contributed by atoms with Gasteiger partial charge >= 0.3 is 0 Å². The average Bonchev–Trinajstić information content (AvgIpc) is 3.02. The summed E-state index contributed by atoms with van der Waals surface area (Å²) in [5, 5.41) is 4.15. The van der Waals surface area contributed by atoms with Crippen molar-refractivity contribution in [3.8, 4) is 0 Å². The van der Waals surface area contributed by atoms with Gasteiger partial charge < -0.3 is 19.7 Å². The third-order valence-corrected chi connectivity index (χ3v) is 4.39. The molecule has 1 amide bonds. The maximum absolute atomic E-state index is 12.5. The number of pyridine rings is 1. The maximum atomic E-state index is 12.5. The standard InChI is InChI=1S/C21H27N5O/c1-24(2)11-12-26-10-9-16-5-7-18(13-20(16)26)23-21(27)17-6-8-19(22-14-17)15-25(3)4/h5-10,13-14H,11-12,15H2,1-4H3,(H,23,27). The number of amides is 1. The molecule has 0 unspecified atom stereocenters. The van der Waals surface area contributed by atoms with E-state index in [9.17, 15) is 4.79 Å². The van der Waals surface area contributed by atoms with Gasteiger partial charge in [0.2, 0.25) is 0 Å². The van der Waals surface area contributed by atoms with Crippen molar-refractivity contribution < 1.29 is 4.79 Å². The molecule has 2 heterocycles. The van der Waals surface area contributed by atoms with Gasteiger partial charge in [-0.1, -0.05) is 6.07 Å². The van der Waals surface area contributed by atoms with Gasteiger partial charge in [0.15, 0.2) is 0 Å². The van der Waals surface area contributed by atoms with Crippen LogP contribution in [0, 0.1) is 0 Å². The molecule has 142 valence electrons. The van der Waals surface area contributed by atoms with Crippen LogP contribution < -0.4 is 5.32 Å². The molecule has 0 fully saturated rings. The quantitative estimate of drug-likeness (QED) is 0.699. The Labute approximate surface area is 160 Å². The molecule has 0 atom stereocenters. The van der Waals surface area contributed by atoms with Crippen molar-refractivity contribution in [2.24, 2.45) is 0 Å². The summed E-state index contributed by atoms with van der Waals surface area (Å²) in [6.07, 6.45) is 3.72. The second-order valence-corrected chi connectivity index (χ2v) is 7.32. The van der Waals surface area contributed by atoms with Crippen LogP contribution in [0.2, 0.25) is 0 Å². The van der Waals surface area contributed by atoms with Crippen LogP contribution in [-0.4, -0.2) is 60.0 Å². The molecule has 0 saturated heterocycles. The molecule has 6 heteroatoms. The molecule has 0 spiro atoms. The molecular formula is C21H27N5O. The fourth-order valence-corrected chi connectivity index (χ4v) is 2.94. The van der Waals surface area contributed by atoms with Crippen LogP contribution in [0.1, 0.15) is 16.1 Å². The van der Waals surface area contributed by atoms with Crippen LogP contribution in [0.25, 0.3) is 10.9 Å². The normalized spacial score (nSPS) is 11.5. The zero-order chi connectivity index (χ0) is 19.4. The largest absolute Gasteiger partial charge is 0.346 e. The number of aromatic nitrogens is 2. The van der Waals surface area contributed by atoms with E-state index in [-0.39, 0.29) is 5.91 Å². The van der Waals surface area contributed by atoms with Crippen molar-refractivity contribution in [1.82, 2.24) is 19.4 Å². The number of anilines is 1. The van der Waals surface area contributed by atoms with Crippen LogP contribution in [0.4, 0.5) is 5.69 Å². The Bertz CT molecular complexity index is 912. The third-order valence-electron chi connectivity index (χ3n) is 4.39. The lowest BCUT2D eigenvalue weighted by atomic mass is 10.2. The summed E-state index contributed by atoms with van der Waals surface area (Å²) >= 11 is 0. The van der Waals surface area contributed by atoms with Crippen LogP contribution >= 0.6 is 0 Å². The van der Waals surface area contributed by atoms with Gasteiger partial charge in [-0.15, -0.1) is 0 Å². The third kappa shape index (κ3) is 4.93. The van der Waals surface area contributed by atoms with Crippen LogP contribution in [-0.2, 0) is 13.1 Å². The van der Waals surface area contributed by atoms with Gasteiger partial charge in [0, 0.05) is 37.7 Å². The number of nitrogens with zero attached hydrogens (tertiary/aromatic N) is 4. The van der Waals surface area contributed by atoms with Gasteiger partial charge in [0.25, 0.3) is 5.91 Å². The van der Waals surface area contributed by atoms with Gasteiger partial charge in [-0.3, -0.25) is 9.78 Å². The number of fused-ring (bicyclic) bond motifs is 1. The topological polar surface area (TPSA) is 53.4 Å². The highest BCUT2D eigenvalue weighted by Crippen LogP contribution is 2.21. The Morgan fingerprint density at radius 2 is 1.89 bits per heavy atom. The van der Waals surface area contributed by atoms with E-state index in [0.29, 0.717) is 5.56 Å². The number of rotatable bonds is 7. The Hall–Kier alpha value is -2.70. The van der Waals surface area contributed by atoms with Crippen molar-refractivity contribution in [1.29, 1.82) is 0 Å². The molecule has 2 aromatic heterocycles. The monoisotopic (exact) mass is 365 g/mol. The fourth-order valence-electron chi connectivity index (χ4n) is 2.94. The Balaban J connectivity index is 1.73. The summed E-state index contributed by atoms with van der Waals surface area (Å²) in [4.78, 5) is 21.1. The molecule has 27 heavy (non-hydrogen) atoms. The van der Waals surface area contributed by atoms with Gasteiger partial charge in [0.1, 0.15) is 0 Å². The zero-order valence-electron chi connectivity index (χ0n) is 16.4. The molecule has 3 rings (SSSR count). The number of benzene rings is 1. The summed E-state index contributed by atoms with van der Waals surface area (Å²) in [5.41, 5.74) is 3.40. The first-order valence-corrected chi connectivity index (χ1v) is 9.07. The summed E-state index contributed by atoms with van der Waals surface area (Å²) in [6, 6.07) is 11.8. The Kier molecular flexibility index (Phi) is 5.88. The van der Waals surface area contributed by atoms with Crippen LogP contribution in [0.3, 0.4) is 0 Å². The van der Waals surface area contributed by atoms with Crippen molar-refractivity contribution in [2.75, 3.05) is 40.1 Å². The predicted molar refractivity (Wildman–Crippen MR) is 110 cm³/mol. The molecule has 1 N–H and O–H groups in total. The smallest absolute Gasteiger partial charge is 0.257 e. The molecule has 3 aromatic rings. The maximum Gasteiger partial charge on any atom is 0.257 e. The highest BCUT2D eigenvalue weighted by Gasteiger charge is 2.09. The van der Waals surface area contributed by atoms with Crippen molar-refractivity contribution in [2.45, 2.75) is 13.1 Å². The molecule has 0 saturated carbocycles. The van der Waals surface area contributed by atoms with Gasteiger partial charge in [-0.2, -0.15) is 0 Å². The minimum atomic E-state index is -0.148. The number of carbonyl (C=O) groups is 1. The lowest BCUT2D eigenvalue weighted by molar-refractivity contribution is 0.102. The highest BCUT2D eigenvalue weighted by atomic mass is 16.1. The second-order valence-electron chi connectivity index (χ2n) is 7.32. The van der Waals surface area contributed by atoms with E-state index in [1.807, 2.05) is 49.3 Å². The lowest BCUT2D eigenvalue weighted by Crippen LogP contribution is -2.18. The van der Waals surface area contributed by atoms with E-state index < -0.39 is 0 Å². The SMILES string of the molecule is CN(C)CCn1ccc2ccc(NC(=O)c3ccc(CN(C)C)nc3)cc21. The highest BCUT2D eigenvalue weighted by molar-refractivity contribution is 6.04. The van der Waals surface area contributed by atoms with E-state index in [1.165, 1.54) is 5.39 Å². The van der Waals surface area contributed by atoms with E-state index >= 15 is 0 Å². The molecule has 6 nitrogen and oxygen atoms in total. The lowest BCUT2D eigenvalue weighted by Gasteiger charge is -2.12. The molecule has 0 aliphatic carbocycles. The summed E-state index contributed by atoms with van der Waals surface area (Å²) in [6.45, 7) is 2.62. The molecule has 0 bridgehead atoms. The van der Waals surface area contributed by atoms with Crippen molar-refractivity contribution in [3.05, 3.63) is 60.0 Å². The zero-order valence-corrected chi connectivity index (χ0v) is 16.4. The van der Waals surface area contributed by atoms with Crippen LogP contribution in [0.15, 0.2) is 48.8 Å². The minimum Gasteiger partial charge on any atom is -0.346 e. The molecule has 0 radical (unpaired) electrons. The number of likely N-dealkylation sites (N-methyl/N-ethyl adjacent to an activating group) is 1. The van der Waals surface area contributed by atoms with Crippen molar-refractivity contribution >= 4 is 22.5 Å². The van der Waals surface area contributed by atoms with E-state index in [1.54, 1.807) is 6.20 Å². The first-order valence-electron chi connectivity index (χ1n) is 9.07. The van der Waals surface area contributed by atoms with Gasteiger partial charge in [0.05, 0.1) is 16.8 Å². The van der Waals surface area contributed by atoms with Crippen molar-refractivity contribution in [3.63, 3.8) is 0 Å². The van der Waals surface area contributed by atoms with Crippen LogP contribution in [0.5, 0.6) is 0 Å². The number of carbonyl (C=O) groups excluding carboxylic acids is 1. The second kappa shape index (κ2) is 8.33. The molecule has 0 aliphatic heterocycles. The summed E-state index contributed by atoms with van der Waals surface area (Å²) in [5.74, 6) is -0.148. The number of hydrogen-bond acceptors (Lipinski definition) is 4. The number of nitrogens with one attached hydrogen (secondary N) is 1. The average molecular weight is 365 g/mol. The Morgan fingerprint density at radius 1 is 1.07 bits per heavy atom. The fraction of sp³-hybridized carbons (Fsp3) is 0.333. The first-order chi connectivity index (χ1) is 12.9. The van der Waals surface area contributed by atoms with E-state index in [2.05, 4.69) is 46.1 Å². The van der Waals surface area contributed by atoms with Gasteiger partial charge in [-0.05, 0) is 63.9 Å². The summed E-state index contributed by atoms with van der Waals surface area (Å²) < 4.78 is 2.21. The van der Waals surface area contributed by atoms with Gasteiger partial charge in [-0.25, -0.2) is 0 Å². The minimum absolute atomic E-state index is 0.148. The summed E-state index contributed by atoms with van der Waals surface area (Å²) in [7, 11) is 8.12. The predicted octanol–water partition coefficient (Wildman–Crippen LogP) is 2.91. The number of hydrogen-bond donors (Lipinski definition) is 1. The molecule has 0 aliphatic rings. The Morgan fingerprint density at radius 3 is 2.56 bits per heavy atom. The van der Waals surface area contributed by atoms with E-state index in [0.717, 1.165) is 36.5 Å². The first kappa shape index (κ1) is 19.1. The molecular weight excluding hydrogens is 338 g/mol. The van der Waals surface area contributed by atoms with E-state index in [4.69, 9.17) is 0 Å². The molecule has 1 aromatic carbocycles.